The van der Waals surface area contributed by atoms with Crippen molar-refractivity contribution < 1.29 is 15.0 Å². The van der Waals surface area contributed by atoms with E-state index in [0.29, 0.717) is 6.42 Å². The molecule has 0 radical (unpaired) electrons. The summed E-state index contributed by atoms with van der Waals surface area (Å²) in [5, 5.41) is 23.1. The molecule has 0 saturated heterocycles. The van der Waals surface area contributed by atoms with Crippen molar-refractivity contribution >= 4 is 5.91 Å². The highest BCUT2D eigenvalue weighted by Crippen LogP contribution is 2.16. The van der Waals surface area contributed by atoms with Gasteiger partial charge in [-0.05, 0) is 57.8 Å². The second-order valence-electron chi connectivity index (χ2n) is 17.9. The van der Waals surface area contributed by atoms with Crippen LogP contribution in [0, 0.1) is 0 Å². The third kappa shape index (κ3) is 45.7. The molecular formula is C54H103NO3. The van der Waals surface area contributed by atoms with Crippen LogP contribution in [0.25, 0.3) is 0 Å². The summed E-state index contributed by atoms with van der Waals surface area (Å²) in [7, 11) is 0. The Morgan fingerprint density at radius 3 is 1.00 bits per heavy atom. The molecule has 0 aliphatic heterocycles. The highest BCUT2D eigenvalue weighted by molar-refractivity contribution is 5.76. The fourth-order valence-corrected chi connectivity index (χ4v) is 8.07. The number of rotatable bonds is 48. The molecule has 0 spiro atoms. The summed E-state index contributed by atoms with van der Waals surface area (Å²) in [5.74, 6) is -0.0758. The van der Waals surface area contributed by atoms with Gasteiger partial charge in [-0.25, -0.2) is 0 Å². The van der Waals surface area contributed by atoms with Gasteiger partial charge in [0.2, 0.25) is 5.91 Å². The molecule has 0 aromatic heterocycles. The standard InChI is InChI=1S/C54H103NO3/c1-3-5-7-9-11-13-15-17-19-21-23-24-25-26-27-28-29-30-31-32-33-35-37-39-41-43-45-47-49-53(57)52(51-56)55-54(58)50-48-46-44-42-40-38-36-34-22-20-18-16-14-12-10-8-6-4-2/h20,22,39,41,47,49,52-53,56-57H,3-19,21,23-38,40,42-46,48,50-51H2,1-2H3,(H,55,58)/b22-20-,41-39+,49-47+. The number of allylic oxidation sites excluding steroid dienone is 5. The highest BCUT2D eigenvalue weighted by Gasteiger charge is 2.17. The molecule has 4 heteroatoms. The Hall–Kier alpha value is -1.39. The molecule has 0 aromatic rings. The van der Waals surface area contributed by atoms with Crippen LogP contribution >= 0.6 is 0 Å². The van der Waals surface area contributed by atoms with Crippen LogP contribution in [-0.4, -0.2) is 34.9 Å². The maximum absolute atomic E-state index is 12.4. The predicted molar refractivity (Wildman–Crippen MR) is 258 cm³/mol. The number of hydrogen-bond donors (Lipinski definition) is 3. The summed E-state index contributed by atoms with van der Waals surface area (Å²) in [6.07, 6.45) is 67.2. The summed E-state index contributed by atoms with van der Waals surface area (Å²) < 4.78 is 0. The minimum absolute atomic E-state index is 0.0758. The van der Waals surface area contributed by atoms with Gasteiger partial charge in [-0.1, -0.05) is 256 Å². The van der Waals surface area contributed by atoms with Gasteiger partial charge in [0.05, 0.1) is 18.8 Å². The lowest BCUT2D eigenvalue weighted by molar-refractivity contribution is -0.123. The molecular weight excluding hydrogens is 711 g/mol. The number of aliphatic hydroxyl groups is 2. The molecule has 0 aromatic carbocycles. The van der Waals surface area contributed by atoms with Crippen molar-refractivity contribution in [2.45, 2.75) is 296 Å². The molecule has 0 heterocycles. The van der Waals surface area contributed by atoms with Gasteiger partial charge in [0.15, 0.2) is 0 Å². The molecule has 0 rings (SSSR count). The van der Waals surface area contributed by atoms with Gasteiger partial charge in [0.25, 0.3) is 0 Å². The summed E-state index contributed by atoms with van der Waals surface area (Å²) in [4.78, 5) is 12.4. The SMILES string of the molecule is CCCCCCCCC/C=C\CCCCCCCCCC(=O)NC(CO)C(O)/C=C/CC/C=C/CCCCCCCCCCCCCCCCCCCCCCCC. The molecule has 3 N–H and O–H groups in total. The average Bonchev–Trinajstić information content (AvgIpc) is 3.23. The maximum Gasteiger partial charge on any atom is 0.220 e. The molecule has 58 heavy (non-hydrogen) atoms. The number of carbonyl (C=O) groups excluding carboxylic acids is 1. The lowest BCUT2D eigenvalue weighted by Gasteiger charge is -2.19. The van der Waals surface area contributed by atoms with E-state index in [1.807, 2.05) is 6.08 Å². The van der Waals surface area contributed by atoms with E-state index in [1.54, 1.807) is 6.08 Å². The second kappa shape index (κ2) is 50.0. The van der Waals surface area contributed by atoms with E-state index in [-0.39, 0.29) is 12.5 Å². The smallest absolute Gasteiger partial charge is 0.220 e. The van der Waals surface area contributed by atoms with Crippen LogP contribution in [0.15, 0.2) is 36.5 Å². The molecule has 0 fully saturated rings. The van der Waals surface area contributed by atoms with Gasteiger partial charge in [-0.15, -0.1) is 0 Å². The van der Waals surface area contributed by atoms with Crippen LogP contribution in [-0.2, 0) is 4.79 Å². The summed E-state index contributed by atoms with van der Waals surface area (Å²) in [6, 6.07) is -0.641. The van der Waals surface area contributed by atoms with Gasteiger partial charge in [0.1, 0.15) is 0 Å². The lowest BCUT2D eigenvalue weighted by Crippen LogP contribution is -2.45. The van der Waals surface area contributed by atoms with Crippen molar-refractivity contribution in [3.05, 3.63) is 36.5 Å². The van der Waals surface area contributed by atoms with Crippen molar-refractivity contribution in [1.82, 2.24) is 5.32 Å². The normalized spacial score (nSPS) is 13.1. The summed E-state index contributed by atoms with van der Waals surface area (Å²) in [6.45, 7) is 4.32. The summed E-state index contributed by atoms with van der Waals surface area (Å²) >= 11 is 0. The first-order chi connectivity index (χ1) is 28.7. The molecule has 1 amide bonds. The Balaban J connectivity index is 3.53. The molecule has 0 saturated carbocycles. The largest absolute Gasteiger partial charge is 0.394 e. The number of unbranched alkanes of at least 4 members (excludes halogenated alkanes) is 37. The third-order valence-corrected chi connectivity index (χ3v) is 12.1. The van der Waals surface area contributed by atoms with Crippen LogP contribution in [0.1, 0.15) is 284 Å². The third-order valence-electron chi connectivity index (χ3n) is 12.1. The molecule has 0 bridgehead atoms. The quantitative estimate of drug-likeness (QED) is 0.0423. The van der Waals surface area contributed by atoms with E-state index in [4.69, 9.17) is 0 Å². The molecule has 0 aliphatic rings. The maximum atomic E-state index is 12.4. The van der Waals surface area contributed by atoms with E-state index >= 15 is 0 Å². The van der Waals surface area contributed by atoms with Gasteiger partial charge >= 0.3 is 0 Å². The number of hydrogen-bond acceptors (Lipinski definition) is 3. The van der Waals surface area contributed by atoms with Crippen LogP contribution in [0.3, 0.4) is 0 Å². The summed E-state index contributed by atoms with van der Waals surface area (Å²) in [5.41, 5.74) is 0. The first-order valence-electron chi connectivity index (χ1n) is 26.2. The minimum Gasteiger partial charge on any atom is -0.394 e. The van der Waals surface area contributed by atoms with E-state index in [9.17, 15) is 15.0 Å². The lowest BCUT2D eigenvalue weighted by atomic mass is 10.0. The highest BCUT2D eigenvalue weighted by atomic mass is 16.3. The zero-order valence-corrected chi connectivity index (χ0v) is 39.3. The molecule has 2 atom stereocenters. The first-order valence-corrected chi connectivity index (χ1v) is 26.2. The average molecular weight is 814 g/mol. The van der Waals surface area contributed by atoms with E-state index in [1.165, 1.54) is 231 Å². The van der Waals surface area contributed by atoms with E-state index in [2.05, 4.69) is 43.5 Å². The van der Waals surface area contributed by atoms with Gasteiger partial charge in [-0.3, -0.25) is 4.79 Å². The molecule has 4 nitrogen and oxygen atoms in total. The van der Waals surface area contributed by atoms with Crippen molar-refractivity contribution in [3.63, 3.8) is 0 Å². The fraction of sp³-hybridized carbons (Fsp3) is 0.870. The Morgan fingerprint density at radius 2 is 0.672 bits per heavy atom. The first kappa shape index (κ1) is 56.6. The zero-order valence-electron chi connectivity index (χ0n) is 39.3. The monoisotopic (exact) mass is 814 g/mol. The van der Waals surface area contributed by atoms with E-state index < -0.39 is 12.1 Å². The van der Waals surface area contributed by atoms with E-state index in [0.717, 1.165) is 32.1 Å². The Morgan fingerprint density at radius 1 is 0.397 bits per heavy atom. The van der Waals surface area contributed by atoms with Crippen LogP contribution in [0.4, 0.5) is 0 Å². The number of amides is 1. The molecule has 2 unspecified atom stereocenters. The van der Waals surface area contributed by atoms with Crippen LogP contribution < -0.4 is 5.32 Å². The van der Waals surface area contributed by atoms with Gasteiger partial charge in [-0.2, -0.15) is 0 Å². The van der Waals surface area contributed by atoms with Crippen molar-refractivity contribution in [2.24, 2.45) is 0 Å². The van der Waals surface area contributed by atoms with Crippen LogP contribution in [0.5, 0.6) is 0 Å². The molecule has 342 valence electrons. The fourth-order valence-electron chi connectivity index (χ4n) is 8.07. The topological polar surface area (TPSA) is 69.6 Å². The molecule has 0 aliphatic carbocycles. The van der Waals surface area contributed by atoms with Gasteiger partial charge in [0, 0.05) is 6.42 Å². The Bertz CT molecular complexity index is 882. The Kier molecular flexibility index (Phi) is 48.8. The second-order valence-corrected chi connectivity index (χ2v) is 17.9. The minimum atomic E-state index is -0.864. The van der Waals surface area contributed by atoms with Crippen molar-refractivity contribution in [3.8, 4) is 0 Å². The zero-order chi connectivity index (χ0) is 42.1. The van der Waals surface area contributed by atoms with Crippen molar-refractivity contribution in [1.29, 1.82) is 0 Å². The van der Waals surface area contributed by atoms with Crippen molar-refractivity contribution in [2.75, 3.05) is 6.61 Å². The predicted octanol–water partition coefficient (Wildman–Crippen LogP) is 16.9. The Labute approximate surface area is 363 Å². The number of aliphatic hydroxyl groups excluding tert-OH is 2. The number of carbonyl (C=O) groups is 1. The van der Waals surface area contributed by atoms with Crippen LogP contribution in [0.2, 0.25) is 0 Å². The number of nitrogens with one attached hydrogen (secondary N) is 1. The van der Waals surface area contributed by atoms with Gasteiger partial charge < -0.3 is 15.5 Å².